The van der Waals surface area contributed by atoms with Crippen LogP contribution in [0.5, 0.6) is 0 Å². The van der Waals surface area contributed by atoms with E-state index in [2.05, 4.69) is 10.3 Å². The Morgan fingerprint density at radius 3 is 2.52 bits per heavy atom. The van der Waals surface area contributed by atoms with E-state index in [-0.39, 0.29) is 32.3 Å². The van der Waals surface area contributed by atoms with Crippen molar-refractivity contribution >= 4 is 58.1 Å². The maximum Gasteiger partial charge on any atom is 0.406 e. The first-order chi connectivity index (χ1) is 11.7. The zero-order valence-electron chi connectivity index (χ0n) is 12.7. The number of aromatic amines is 1. The van der Waals surface area contributed by atoms with Crippen LogP contribution in [-0.2, 0) is 9.53 Å². The third-order valence-electron chi connectivity index (χ3n) is 3.11. The number of carbonyl (C=O) groups is 2. The number of halogens is 4. The van der Waals surface area contributed by atoms with E-state index in [1.165, 1.54) is 25.1 Å². The Morgan fingerprint density at radius 2 is 1.88 bits per heavy atom. The fraction of sp³-hybridized carbons (Fsp3) is 0.133. The zero-order chi connectivity index (χ0) is 18.7. The van der Waals surface area contributed by atoms with E-state index >= 15 is 0 Å². The topological polar surface area (TPSA) is 95.6 Å². The van der Waals surface area contributed by atoms with Crippen LogP contribution in [0.25, 0.3) is 0 Å². The van der Waals surface area contributed by atoms with Gasteiger partial charge in [0.25, 0.3) is 11.1 Å². The molecule has 1 aromatic heterocycles. The second-order valence-corrected chi connectivity index (χ2v) is 6.01. The van der Waals surface area contributed by atoms with Gasteiger partial charge in [-0.15, -0.1) is 0 Å². The molecule has 0 aliphatic rings. The number of ether oxygens (including phenoxy) is 1. The van der Waals surface area contributed by atoms with Gasteiger partial charge in [-0.2, -0.15) is 4.98 Å². The number of nitrogens with one attached hydrogen (secondary N) is 2. The lowest BCUT2D eigenvalue weighted by atomic mass is 10.2. The molecule has 132 valence electrons. The van der Waals surface area contributed by atoms with E-state index in [0.29, 0.717) is 0 Å². The second-order valence-electron chi connectivity index (χ2n) is 4.87. The normalized spacial score (nSPS) is 11.7. The van der Waals surface area contributed by atoms with Gasteiger partial charge in [0.1, 0.15) is 15.9 Å². The van der Waals surface area contributed by atoms with Crippen molar-refractivity contribution in [3.63, 3.8) is 0 Å². The summed E-state index contributed by atoms with van der Waals surface area (Å²) in [6.45, 7) is 1.31. The minimum Gasteiger partial charge on any atom is -0.445 e. The van der Waals surface area contributed by atoms with Gasteiger partial charge >= 0.3 is 11.7 Å². The summed E-state index contributed by atoms with van der Waals surface area (Å²) in [6.07, 6.45) is -1.24. The molecule has 10 heteroatoms. The van der Waals surface area contributed by atoms with Gasteiger partial charge in [0, 0.05) is 0 Å². The summed E-state index contributed by atoms with van der Waals surface area (Å²) in [5.74, 6) is -2.34. The summed E-state index contributed by atoms with van der Waals surface area (Å²) in [4.78, 5) is 26.6. The highest BCUT2D eigenvalue weighted by Crippen LogP contribution is 2.32. The Kier molecular flexibility index (Phi) is 6.05. The molecule has 1 amide bonds. The number of hydrogen-bond donors (Lipinski definition) is 2. The minimum atomic E-state index is -1.24. The molecule has 0 radical (unpaired) electrons. The average Bonchev–Trinajstić information content (AvgIpc) is 2.58. The number of benzene rings is 1. The van der Waals surface area contributed by atoms with Crippen LogP contribution < -0.4 is 16.0 Å². The molecule has 0 saturated heterocycles. The molecule has 25 heavy (non-hydrogen) atoms. The lowest BCUT2D eigenvalue weighted by molar-refractivity contribution is -0.380. The molecule has 1 aromatic carbocycles. The molecular formula is C15H12Cl3FN3O3+. The van der Waals surface area contributed by atoms with Gasteiger partial charge in [0.05, 0.1) is 11.4 Å². The largest absolute Gasteiger partial charge is 0.445 e. The predicted octanol–water partition coefficient (Wildman–Crippen LogP) is 3.37. The zero-order valence-corrected chi connectivity index (χ0v) is 15.0. The molecule has 1 atom stereocenters. The van der Waals surface area contributed by atoms with Crippen molar-refractivity contribution < 1.29 is 23.7 Å². The number of nitrogen functional groups attached to an aromatic ring is 1. The SMILES string of the molecule is C[C@H](OC(=O)c1[nH+]c(Cl)c(Cl)c(N)c1Cl)C(=O)Nc1ccccc1F. The molecule has 0 bridgehead atoms. The fourth-order valence-electron chi connectivity index (χ4n) is 1.78. The monoisotopic (exact) mass is 406 g/mol. The number of rotatable bonds is 4. The quantitative estimate of drug-likeness (QED) is 0.600. The number of aromatic nitrogens is 1. The number of esters is 1. The van der Waals surface area contributed by atoms with Crippen LogP contribution in [0.1, 0.15) is 17.4 Å². The van der Waals surface area contributed by atoms with Gasteiger partial charge in [-0.3, -0.25) is 4.79 Å². The van der Waals surface area contributed by atoms with E-state index in [9.17, 15) is 14.0 Å². The van der Waals surface area contributed by atoms with Crippen LogP contribution in [0.3, 0.4) is 0 Å². The van der Waals surface area contributed by atoms with Crippen LogP contribution in [-0.4, -0.2) is 18.0 Å². The maximum atomic E-state index is 13.5. The van der Waals surface area contributed by atoms with E-state index in [4.69, 9.17) is 45.3 Å². The number of para-hydroxylation sites is 1. The van der Waals surface area contributed by atoms with Crippen LogP contribution in [0.2, 0.25) is 15.2 Å². The van der Waals surface area contributed by atoms with Crippen molar-refractivity contribution in [2.75, 3.05) is 11.1 Å². The molecule has 0 unspecified atom stereocenters. The number of pyridine rings is 1. The highest BCUT2D eigenvalue weighted by Gasteiger charge is 2.30. The molecule has 0 aliphatic heterocycles. The number of nitrogens with two attached hydrogens (primary N) is 1. The van der Waals surface area contributed by atoms with Gasteiger partial charge in [-0.1, -0.05) is 35.3 Å². The molecule has 0 aliphatic carbocycles. The number of amides is 1. The van der Waals surface area contributed by atoms with Gasteiger partial charge in [-0.05, 0) is 30.7 Å². The van der Waals surface area contributed by atoms with Crippen molar-refractivity contribution in [3.05, 3.63) is 51.0 Å². The summed E-state index contributed by atoms with van der Waals surface area (Å²) in [5.41, 5.74) is 5.22. The summed E-state index contributed by atoms with van der Waals surface area (Å²) in [5, 5.41) is 1.95. The standard InChI is InChI=1S/C15H11Cl3FN3O3/c1-6(14(23)21-8-5-3-2-4-7(8)19)25-15(24)12-9(16)11(20)10(17)13(18)22-12/h2-6H,1H3,(H2,20,22)(H,21,23)/p+1/t6-/m0/s1. The van der Waals surface area contributed by atoms with Crippen LogP contribution >= 0.6 is 34.8 Å². The van der Waals surface area contributed by atoms with Crippen LogP contribution in [0.15, 0.2) is 24.3 Å². The fourth-order valence-corrected chi connectivity index (χ4v) is 2.38. The van der Waals surface area contributed by atoms with Crippen LogP contribution in [0, 0.1) is 5.82 Å². The van der Waals surface area contributed by atoms with Gasteiger partial charge in [0.2, 0.25) is 0 Å². The lowest BCUT2D eigenvalue weighted by Crippen LogP contribution is -2.32. The van der Waals surface area contributed by atoms with Crippen molar-refractivity contribution in [3.8, 4) is 0 Å². The van der Waals surface area contributed by atoms with E-state index < -0.39 is 23.8 Å². The Hall–Kier alpha value is -2.09. The summed E-state index contributed by atoms with van der Waals surface area (Å²) < 4.78 is 18.5. The smallest absolute Gasteiger partial charge is 0.406 e. The average molecular weight is 408 g/mol. The highest BCUT2D eigenvalue weighted by molar-refractivity contribution is 6.45. The molecule has 0 spiro atoms. The van der Waals surface area contributed by atoms with E-state index in [1.807, 2.05) is 0 Å². The third-order valence-corrected chi connectivity index (χ3v) is 4.27. The maximum absolute atomic E-state index is 13.5. The first kappa shape index (κ1) is 19.2. The summed E-state index contributed by atoms with van der Waals surface area (Å²) in [7, 11) is 0. The molecular weight excluding hydrogens is 396 g/mol. The van der Waals surface area contributed by atoms with Gasteiger partial charge < -0.3 is 15.8 Å². The Labute approximate surface area is 157 Å². The predicted molar refractivity (Wildman–Crippen MR) is 92.3 cm³/mol. The van der Waals surface area contributed by atoms with Crippen molar-refractivity contribution in [1.82, 2.24) is 0 Å². The van der Waals surface area contributed by atoms with Gasteiger partial charge in [0.15, 0.2) is 6.10 Å². The third kappa shape index (κ3) is 4.31. The van der Waals surface area contributed by atoms with Gasteiger partial charge in [-0.25, -0.2) is 9.18 Å². The first-order valence-electron chi connectivity index (χ1n) is 6.84. The number of H-pyrrole nitrogens is 1. The number of hydrogen-bond acceptors (Lipinski definition) is 4. The highest BCUT2D eigenvalue weighted by atomic mass is 35.5. The Morgan fingerprint density at radius 1 is 1.24 bits per heavy atom. The number of anilines is 2. The van der Waals surface area contributed by atoms with E-state index in [0.717, 1.165) is 0 Å². The Bertz CT molecular complexity index is 848. The lowest BCUT2D eigenvalue weighted by Gasteiger charge is -2.13. The molecule has 6 nitrogen and oxygen atoms in total. The number of carbonyl (C=O) groups excluding carboxylic acids is 2. The molecule has 0 saturated carbocycles. The van der Waals surface area contributed by atoms with Crippen molar-refractivity contribution in [1.29, 1.82) is 0 Å². The second kappa shape index (κ2) is 7.86. The van der Waals surface area contributed by atoms with Crippen molar-refractivity contribution in [2.24, 2.45) is 0 Å². The molecule has 2 aromatic rings. The molecule has 0 fully saturated rings. The molecule has 2 rings (SSSR count). The Balaban J connectivity index is 2.13. The van der Waals surface area contributed by atoms with E-state index in [1.54, 1.807) is 6.07 Å². The first-order valence-corrected chi connectivity index (χ1v) is 7.97. The van der Waals surface area contributed by atoms with Crippen LogP contribution in [0.4, 0.5) is 15.8 Å². The molecule has 1 heterocycles. The minimum absolute atomic E-state index is 0.0428. The van der Waals surface area contributed by atoms with Crippen molar-refractivity contribution in [2.45, 2.75) is 13.0 Å². The summed E-state index contributed by atoms with van der Waals surface area (Å²) in [6, 6.07) is 5.56. The summed E-state index contributed by atoms with van der Waals surface area (Å²) >= 11 is 17.5. The molecule has 4 N–H and O–H groups in total.